The molecule has 0 amide bonds. The van der Waals surface area contributed by atoms with Crippen LogP contribution in [0.4, 0.5) is 5.13 Å². The largest absolute Gasteiger partial charge is 0.357 e. The van der Waals surface area contributed by atoms with Crippen LogP contribution in [-0.4, -0.2) is 35.1 Å². The Kier molecular flexibility index (Phi) is 3.03. The second-order valence-corrected chi connectivity index (χ2v) is 4.95. The molecule has 4 heteroatoms. The molecule has 3 nitrogen and oxygen atoms in total. The quantitative estimate of drug-likeness (QED) is 0.829. The van der Waals surface area contributed by atoms with Crippen LogP contribution in [0, 0.1) is 0 Å². The van der Waals surface area contributed by atoms with Crippen LogP contribution in [0.25, 0.3) is 0 Å². The molecule has 1 aromatic heterocycles. The minimum absolute atomic E-state index is 0.587. The molecule has 0 aromatic carbocycles. The second-order valence-electron chi connectivity index (χ2n) is 4.06. The minimum Gasteiger partial charge on any atom is -0.357 e. The van der Waals surface area contributed by atoms with Gasteiger partial charge in [0.05, 0.1) is 0 Å². The van der Waals surface area contributed by atoms with Gasteiger partial charge in [-0.3, -0.25) is 4.90 Å². The monoisotopic (exact) mass is 211 g/mol. The topological polar surface area (TPSA) is 28.2 Å². The van der Waals surface area contributed by atoms with Gasteiger partial charge in [-0.25, -0.2) is 4.98 Å². The fourth-order valence-electron chi connectivity index (χ4n) is 1.84. The van der Waals surface area contributed by atoms with Crippen LogP contribution >= 0.6 is 11.3 Å². The number of likely N-dealkylation sites (tertiary alicyclic amines) is 1. The molecule has 1 unspecified atom stereocenters. The molecule has 0 bridgehead atoms. The lowest BCUT2D eigenvalue weighted by Crippen LogP contribution is -2.31. The molecule has 1 aromatic rings. The Morgan fingerprint density at radius 1 is 1.64 bits per heavy atom. The van der Waals surface area contributed by atoms with E-state index in [9.17, 15) is 0 Å². The second kappa shape index (κ2) is 4.28. The summed E-state index contributed by atoms with van der Waals surface area (Å²) < 4.78 is 0. The van der Waals surface area contributed by atoms with Gasteiger partial charge in [-0.1, -0.05) is 0 Å². The molecular weight excluding hydrogens is 194 g/mol. The Morgan fingerprint density at radius 3 is 3.07 bits per heavy atom. The third-order valence-corrected chi connectivity index (χ3v) is 3.41. The van der Waals surface area contributed by atoms with Gasteiger partial charge < -0.3 is 5.32 Å². The maximum atomic E-state index is 4.24. The Bertz CT molecular complexity index is 271. The van der Waals surface area contributed by atoms with Crippen molar-refractivity contribution < 1.29 is 0 Å². The highest BCUT2D eigenvalue weighted by molar-refractivity contribution is 7.13. The van der Waals surface area contributed by atoms with Crippen LogP contribution < -0.4 is 5.32 Å². The predicted molar refractivity (Wildman–Crippen MR) is 60.9 cm³/mol. The number of nitrogens with zero attached hydrogens (tertiary/aromatic N) is 2. The van der Waals surface area contributed by atoms with E-state index in [0.717, 1.165) is 11.7 Å². The summed E-state index contributed by atoms with van der Waals surface area (Å²) in [7, 11) is 0. The summed E-state index contributed by atoms with van der Waals surface area (Å²) in [6.45, 7) is 6.87. The molecule has 1 aliphatic heterocycles. The van der Waals surface area contributed by atoms with Crippen molar-refractivity contribution in [1.82, 2.24) is 9.88 Å². The molecule has 0 aliphatic carbocycles. The van der Waals surface area contributed by atoms with Crippen molar-refractivity contribution in [2.24, 2.45) is 0 Å². The number of aromatic nitrogens is 1. The van der Waals surface area contributed by atoms with Gasteiger partial charge in [-0.05, 0) is 20.3 Å². The fraction of sp³-hybridized carbons (Fsp3) is 0.700. The van der Waals surface area contributed by atoms with E-state index in [-0.39, 0.29) is 0 Å². The summed E-state index contributed by atoms with van der Waals surface area (Å²) >= 11 is 1.68. The molecule has 1 N–H and O–H groups in total. The zero-order valence-electron chi connectivity index (χ0n) is 8.73. The first-order valence-electron chi connectivity index (χ1n) is 5.16. The van der Waals surface area contributed by atoms with Gasteiger partial charge in [0.2, 0.25) is 0 Å². The molecule has 14 heavy (non-hydrogen) atoms. The lowest BCUT2D eigenvalue weighted by atomic mass is 10.3. The standard InChI is InChI=1S/C10H17N3S/c1-8(2)13-5-3-9(7-13)12-10-11-4-6-14-10/h4,6,8-9H,3,5,7H2,1-2H3,(H,11,12). The van der Waals surface area contributed by atoms with E-state index >= 15 is 0 Å². The average Bonchev–Trinajstić information content (AvgIpc) is 2.75. The van der Waals surface area contributed by atoms with Gasteiger partial charge in [0, 0.05) is 36.8 Å². The summed E-state index contributed by atoms with van der Waals surface area (Å²) in [4.78, 5) is 6.74. The number of hydrogen-bond donors (Lipinski definition) is 1. The normalized spacial score (nSPS) is 23.2. The van der Waals surface area contributed by atoms with Crippen molar-refractivity contribution in [3.05, 3.63) is 11.6 Å². The summed E-state index contributed by atoms with van der Waals surface area (Å²) in [5.41, 5.74) is 0. The average molecular weight is 211 g/mol. The third kappa shape index (κ3) is 2.25. The van der Waals surface area contributed by atoms with Crippen molar-refractivity contribution >= 4 is 16.5 Å². The number of anilines is 1. The van der Waals surface area contributed by atoms with Crippen molar-refractivity contribution in [2.75, 3.05) is 18.4 Å². The number of nitrogens with one attached hydrogen (secondary N) is 1. The summed E-state index contributed by atoms with van der Waals surface area (Å²) in [5, 5.41) is 6.54. The molecule has 1 fully saturated rings. The van der Waals surface area contributed by atoms with Crippen LogP contribution in [0.5, 0.6) is 0 Å². The number of hydrogen-bond acceptors (Lipinski definition) is 4. The zero-order valence-corrected chi connectivity index (χ0v) is 9.55. The SMILES string of the molecule is CC(C)N1CCC(Nc2nccs2)C1. The highest BCUT2D eigenvalue weighted by Gasteiger charge is 2.24. The van der Waals surface area contributed by atoms with Crippen molar-refractivity contribution in [2.45, 2.75) is 32.4 Å². The van der Waals surface area contributed by atoms with E-state index in [2.05, 4.69) is 29.0 Å². The van der Waals surface area contributed by atoms with E-state index in [4.69, 9.17) is 0 Å². The Labute approximate surface area is 89.1 Å². The fourth-order valence-corrected chi connectivity index (χ4v) is 2.45. The van der Waals surface area contributed by atoms with E-state index in [0.29, 0.717) is 12.1 Å². The Balaban J connectivity index is 1.84. The molecule has 2 rings (SSSR count). The third-order valence-electron chi connectivity index (χ3n) is 2.71. The Morgan fingerprint density at radius 2 is 2.50 bits per heavy atom. The van der Waals surface area contributed by atoms with Crippen LogP contribution in [-0.2, 0) is 0 Å². The van der Waals surface area contributed by atoms with Gasteiger partial charge in [-0.2, -0.15) is 0 Å². The lowest BCUT2D eigenvalue weighted by molar-refractivity contribution is 0.274. The molecule has 0 saturated carbocycles. The maximum Gasteiger partial charge on any atom is 0.182 e. The first-order valence-corrected chi connectivity index (χ1v) is 6.04. The first-order chi connectivity index (χ1) is 6.75. The molecule has 0 spiro atoms. The maximum absolute atomic E-state index is 4.24. The van der Waals surface area contributed by atoms with Crippen LogP contribution in [0.15, 0.2) is 11.6 Å². The van der Waals surface area contributed by atoms with Crippen LogP contribution in [0.1, 0.15) is 20.3 Å². The van der Waals surface area contributed by atoms with Crippen LogP contribution in [0.2, 0.25) is 0 Å². The summed E-state index contributed by atoms with van der Waals surface area (Å²) in [5.74, 6) is 0. The molecule has 0 radical (unpaired) electrons. The molecule has 2 heterocycles. The minimum atomic E-state index is 0.587. The van der Waals surface area contributed by atoms with Crippen molar-refractivity contribution in [1.29, 1.82) is 0 Å². The number of thiazole rings is 1. The van der Waals surface area contributed by atoms with E-state index in [1.54, 1.807) is 11.3 Å². The van der Waals surface area contributed by atoms with Gasteiger partial charge in [0.25, 0.3) is 0 Å². The van der Waals surface area contributed by atoms with Gasteiger partial charge >= 0.3 is 0 Å². The zero-order chi connectivity index (χ0) is 9.97. The smallest absolute Gasteiger partial charge is 0.182 e. The molecule has 1 atom stereocenters. The van der Waals surface area contributed by atoms with E-state index in [1.165, 1.54) is 13.0 Å². The van der Waals surface area contributed by atoms with Crippen molar-refractivity contribution in [3.8, 4) is 0 Å². The Hall–Kier alpha value is -0.610. The highest BCUT2D eigenvalue weighted by Crippen LogP contribution is 2.18. The lowest BCUT2D eigenvalue weighted by Gasteiger charge is -2.20. The van der Waals surface area contributed by atoms with Gasteiger partial charge in [0.15, 0.2) is 5.13 Å². The van der Waals surface area contributed by atoms with Crippen molar-refractivity contribution in [3.63, 3.8) is 0 Å². The number of rotatable bonds is 3. The first kappa shape index (κ1) is 9.93. The molecular formula is C10H17N3S. The molecule has 78 valence electrons. The molecule has 1 saturated heterocycles. The van der Waals surface area contributed by atoms with E-state index < -0.39 is 0 Å². The summed E-state index contributed by atoms with van der Waals surface area (Å²) in [6.07, 6.45) is 3.08. The molecule has 1 aliphatic rings. The van der Waals surface area contributed by atoms with Crippen LogP contribution in [0.3, 0.4) is 0 Å². The highest BCUT2D eigenvalue weighted by atomic mass is 32.1. The van der Waals surface area contributed by atoms with Gasteiger partial charge in [-0.15, -0.1) is 11.3 Å². The van der Waals surface area contributed by atoms with Gasteiger partial charge in [0.1, 0.15) is 0 Å². The van der Waals surface area contributed by atoms with E-state index in [1.807, 2.05) is 11.6 Å². The summed E-state index contributed by atoms with van der Waals surface area (Å²) in [6, 6.07) is 1.25. The predicted octanol–water partition coefficient (Wildman–Crippen LogP) is 2.04.